The normalized spacial score (nSPS) is 10.9. The van der Waals surface area contributed by atoms with Gasteiger partial charge in [-0.3, -0.25) is 14.4 Å². The van der Waals surface area contributed by atoms with Crippen LogP contribution in [0, 0.1) is 0 Å². The zero-order valence-corrected chi connectivity index (χ0v) is 19.2. The first-order valence-corrected chi connectivity index (χ1v) is 11.2. The van der Waals surface area contributed by atoms with Crippen molar-refractivity contribution in [1.82, 2.24) is 25.8 Å². The van der Waals surface area contributed by atoms with Gasteiger partial charge in [-0.05, 0) is 0 Å². The van der Waals surface area contributed by atoms with Gasteiger partial charge in [0.05, 0.1) is 0 Å². The second-order valence-corrected chi connectivity index (χ2v) is 7.30. The van der Waals surface area contributed by atoms with Crippen LogP contribution in [-0.2, 0) is 19.2 Å². The lowest BCUT2D eigenvalue weighted by atomic mass is 10.2. The summed E-state index contributed by atoms with van der Waals surface area (Å²) in [6.45, 7) is 5.62. The molecule has 0 aliphatic carbocycles. The Hall–Kier alpha value is -2.12. The summed E-state index contributed by atoms with van der Waals surface area (Å²) >= 11 is 0. The van der Waals surface area contributed by atoms with Crippen molar-refractivity contribution in [1.29, 1.82) is 0 Å². The van der Waals surface area contributed by atoms with Crippen LogP contribution < -0.4 is 33.2 Å². The van der Waals surface area contributed by atoms with Gasteiger partial charge in [0.15, 0.2) is 0 Å². The SMILES string of the molecule is NCCNC(=O)CCN(CCC=O)CCN(CCC(=O)NCCN)CCC(=O)NCCN. The monoisotopic (exact) mass is 458 g/mol. The highest BCUT2D eigenvalue weighted by Gasteiger charge is 2.14. The first kappa shape index (κ1) is 29.9. The maximum atomic E-state index is 11.9. The van der Waals surface area contributed by atoms with E-state index < -0.39 is 0 Å². The Bertz CT molecular complexity index is 512. The predicted octanol–water partition coefficient (Wildman–Crippen LogP) is -3.43. The maximum Gasteiger partial charge on any atom is 0.221 e. The third-order valence-electron chi connectivity index (χ3n) is 4.66. The van der Waals surface area contributed by atoms with Crippen molar-refractivity contribution >= 4 is 24.0 Å². The van der Waals surface area contributed by atoms with E-state index in [0.717, 1.165) is 6.29 Å². The molecule has 0 unspecified atom stereocenters. The molecule has 0 atom stereocenters. The smallest absolute Gasteiger partial charge is 0.221 e. The molecule has 9 N–H and O–H groups in total. The average Bonchev–Trinajstić information content (AvgIpc) is 2.80. The molecule has 32 heavy (non-hydrogen) atoms. The van der Waals surface area contributed by atoms with Crippen LogP contribution in [0.25, 0.3) is 0 Å². The molecule has 0 heterocycles. The summed E-state index contributed by atoms with van der Waals surface area (Å²) in [5, 5.41) is 8.20. The first-order chi connectivity index (χ1) is 15.5. The Morgan fingerprint density at radius 3 is 1.25 bits per heavy atom. The molecule has 0 rings (SSSR count). The third kappa shape index (κ3) is 17.5. The van der Waals surface area contributed by atoms with Crippen LogP contribution in [0.2, 0.25) is 0 Å². The lowest BCUT2D eigenvalue weighted by molar-refractivity contribution is -0.122. The van der Waals surface area contributed by atoms with Gasteiger partial charge in [0, 0.05) is 104 Å². The molecule has 0 radical (unpaired) electrons. The van der Waals surface area contributed by atoms with Crippen LogP contribution in [0.4, 0.5) is 0 Å². The molecule has 186 valence electrons. The van der Waals surface area contributed by atoms with Gasteiger partial charge in [-0.1, -0.05) is 0 Å². The molecule has 12 nitrogen and oxygen atoms in total. The summed E-state index contributed by atoms with van der Waals surface area (Å²) in [4.78, 5) is 50.6. The zero-order chi connectivity index (χ0) is 24.0. The summed E-state index contributed by atoms with van der Waals surface area (Å²) < 4.78 is 0. The molecule has 0 spiro atoms. The van der Waals surface area contributed by atoms with Gasteiger partial charge in [0.25, 0.3) is 0 Å². The van der Waals surface area contributed by atoms with Crippen LogP contribution in [0.5, 0.6) is 0 Å². The Kier molecular flexibility index (Phi) is 19.4. The van der Waals surface area contributed by atoms with Crippen LogP contribution >= 0.6 is 0 Å². The molecule has 12 heteroatoms. The van der Waals surface area contributed by atoms with Gasteiger partial charge >= 0.3 is 0 Å². The number of nitrogens with one attached hydrogen (secondary N) is 3. The number of rotatable bonds is 21. The largest absolute Gasteiger partial charge is 0.355 e. The second-order valence-electron chi connectivity index (χ2n) is 7.30. The highest BCUT2D eigenvalue weighted by Crippen LogP contribution is 2.00. The molecule has 3 amide bonds. The van der Waals surface area contributed by atoms with E-state index >= 15 is 0 Å². The molecule has 0 saturated carbocycles. The number of hydrogen-bond donors (Lipinski definition) is 6. The Morgan fingerprint density at radius 2 is 0.938 bits per heavy atom. The number of nitrogens with zero attached hydrogens (tertiary/aromatic N) is 2. The average molecular weight is 459 g/mol. The highest BCUT2D eigenvalue weighted by molar-refractivity contribution is 5.77. The van der Waals surface area contributed by atoms with Gasteiger partial charge in [0.2, 0.25) is 17.7 Å². The lowest BCUT2D eigenvalue weighted by Crippen LogP contribution is -2.41. The number of carbonyl (C=O) groups excluding carboxylic acids is 4. The molecule has 0 aromatic carbocycles. The minimum absolute atomic E-state index is 0.0865. The zero-order valence-electron chi connectivity index (χ0n) is 19.2. The van der Waals surface area contributed by atoms with Gasteiger partial charge in [-0.2, -0.15) is 0 Å². The Labute approximate surface area is 191 Å². The maximum absolute atomic E-state index is 11.9. The standard InChI is InChI=1S/C20H42N8O4/c21-5-8-24-18(30)2-12-27(11-1-17-29)15-16-28(13-3-19(31)25-9-6-22)14-4-20(32)26-10-7-23/h17H,1-16,21-23H2,(H,24,30)(H,25,31)(H,26,32). The van der Waals surface area contributed by atoms with E-state index in [1.165, 1.54) is 0 Å². The fraction of sp³-hybridized carbons (Fsp3) is 0.800. The van der Waals surface area contributed by atoms with Crippen LogP contribution in [0.15, 0.2) is 0 Å². The molecule has 0 aliphatic heterocycles. The fourth-order valence-electron chi connectivity index (χ4n) is 2.87. The third-order valence-corrected chi connectivity index (χ3v) is 4.66. The fourth-order valence-corrected chi connectivity index (χ4v) is 2.87. The van der Waals surface area contributed by atoms with Crippen molar-refractivity contribution in [3.8, 4) is 0 Å². The predicted molar refractivity (Wildman–Crippen MR) is 124 cm³/mol. The van der Waals surface area contributed by atoms with Crippen molar-refractivity contribution in [2.75, 3.05) is 78.5 Å². The minimum Gasteiger partial charge on any atom is -0.355 e. The van der Waals surface area contributed by atoms with Crippen molar-refractivity contribution < 1.29 is 19.2 Å². The van der Waals surface area contributed by atoms with Crippen molar-refractivity contribution in [2.24, 2.45) is 17.2 Å². The van der Waals surface area contributed by atoms with Gasteiger partial charge in [0.1, 0.15) is 6.29 Å². The molecule has 0 aromatic rings. The topological polar surface area (TPSA) is 189 Å². The van der Waals surface area contributed by atoms with E-state index in [1.807, 2.05) is 9.80 Å². The second kappa shape index (κ2) is 20.8. The molecular formula is C20H42N8O4. The van der Waals surface area contributed by atoms with E-state index in [9.17, 15) is 19.2 Å². The molecule has 0 bridgehead atoms. The highest BCUT2D eigenvalue weighted by atomic mass is 16.2. The summed E-state index contributed by atoms with van der Waals surface area (Å²) in [6, 6.07) is 0. The Balaban J connectivity index is 4.75. The number of hydrogen-bond acceptors (Lipinski definition) is 9. The summed E-state index contributed by atoms with van der Waals surface area (Å²) in [6.07, 6.45) is 2.11. The van der Waals surface area contributed by atoms with E-state index in [2.05, 4.69) is 16.0 Å². The van der Waals surface area contributed by atoms with Crippen molar-refractivity contribution in [3.05, 3.63) is 0 Å². The van der Waals surface area contributed by atoms with E-state index in [4.69, 9.17) is 17.2 Å². The van der Waals surface area contributed by atoms with Crippen LogP contribution in [-0.4, -0.2) is 112 Å². The molecule has 0 aromatic heterocycles. The van der Waals surface area contributed by atoms with E-state index in [0.29, 0.717) is 104 Å². The number of carbonyl (C=O) groups is 4. The van der Waals surface area contributed by atoms with Gasteiger partial charge in [-0.25, -0.2) is 0 Å². The van der Waals surface area contributed by atoms with Gasteiger partial charge in [-0.15, -0.1) is 0 Å². The van der Waals surface area contributed by atoms with Crippen LogP contribution in [0.3, 0.4) is 0 Å². The molecule has 0 aliphatic rings. The number of aldehydes is 1. The summed E-state index contributed by atoms with van der Waals surface area (Å²) in [5.74, 6) is -0.276. The molecule has 0 saturated heterocycles. The minimum atomic E-state index is -0.0950. The lowest BCUT2D eigenvalue weighted by Gasteiger charge is -2.27. The first-order valence-electron chi connectivity index (χ1n) is 11.2. The Morgan fingerprint density at radius 1 is 0.594 bits per heavy atom. The molecule has 0 fully saturated rings. The van der Waals surface area contributed by atoms with E-state index in [1.54, 1.807) is 0 Å². The summed E-state index contributed by atoms with van der Waals surface area (Å²) in [7, 11) is 0. The van der Waals surface area contributed by atoms with Crippen molar-refractivity contribution in [2.45, 2.75) is 25.7 Å². The summed E-state index contributed by atoms with van der Waals surface area (Å²) in [5.41, 5.74) is 16.2. The van der Waals surface area contributed by atoms with Gasteiger partial charge < -0.3 is 47.7 Å². The number of amides is 3. The number of nitrogens with two attached hydrogens (primary N) is 3. The quantitative estimate of drug-likeness (QED) is 0.0951. The van der Waals surface area contributed by atoms with Crippen LogP contribution in [0.1, 0.15) is 25.7 Å². The van der Waals surface area contributed by atoms with E-state index in [-0.39, 0.29) is 17.7 Å². The van der Waals surface area contributed by atoms with Crippen molar-refractivity contribution in [3.63, 3.8) is 0 Å². The molecular weight excluding hydrogens is 416 g/mol.